The van der Waals surface area contributed by atoms with Crippen LogP contribution in [0.25, 0.3) is 0 Å². The van der Waals surface area contributed by atoms with Crippen LogP contribution in [0, 0.1) is 0 Å². The van der Waals surface area contributed by atoms with Gasteiger partial charge in [-0.15, -0.1) is 0 Å². The van der Waals surface area contributed by atoms with Crippen molar-refractivity contribution in [2.75, 3.05) is 0 Å². The molecule has 6 nitrogen and oxygen atoms in total. The number of rotatable bonds is 6. The van der Waals surface area contributed by atoms with Crippen LogP contribution in [0.15, 0.2) is 94.9 Å². The minimum Gasteiger partial charge on any atom is -0.423 e. The molecule has 0 heterocycles. The standard InChI is InChI=1S/C20H16N2O4S/c23-20(17-7-3-1-4-8-17)26-18-13-11-16(12-14-18)15-21-22-27(24,25)19-9-5-2-6-10-19/h1-15,22H. The van der Waals surface area contributed by atoms with Crippen molar-refractivity contribution in [2.45, 2.75) is 4.90 Å². The van der Waals surface area contributed by atoms with Crippen LogP contribution in [0.1, 0.15) is 15.9 Å². The summed E-state index contributed by atoms with van der Waals surface area (Å²) in [6.07, 6.45) is 1.36. The summed E-state index contributed by atoms with van der Waals surface area (Å²) in [6.45, 7) is 0. The molecule has 0 spiro atoms. The van der Waals surface area contributed by atoms with Crippen LogP contribution in [0.2, 0.25) is 0 Å². The van der Waals surface area contributed by atoms with E-state index in [1.165, 1.54) is 18.3 Å². The lowest BCUT2D eigenvalue weighted by Crippen LogP contribution is -2.18. The molecule has 0 saturated heterocycles. The molecule has 0 aromatic heterocycles. The third kappa shape index (κ3) is 5.02. The number of benzene rings is 3. The summed E-state index contributed by atoms with van der Waals surface area (Å²) in [4.78, 5) is 14.3. The molecule has 0 aliphatic rings. The molecule has 0 aliphatic carbocycles. The molecular weight excluding hydrogens is 364 g/mol. The van der Waals surface area contributed by atoms with Gasteiger partial charge in [-0.3, -0.25) is 0 Å². The Hall–Kier alpha value is -3.45. The van der Waals surface area contributed by atoms with Crippen LogP contribution in [0.4, 0.5) is 0 Å². The van der Waals surface area contributed by atoms with Gasteiger partial charge in [0.15, 0.2) is 0 Å². The van der Waals surface area contributed by atoms with Gasteiger partial charge < -0.3 is 4.74 Å². The number of sulfonamides is 1. The smallest absolute Gasteiger partial charge is 0.343 e. The van der Waals surface area contributed by atoms with Gasteiger partial charge in [-0.05, 0) is 54.1 Å². The first-order valence-corrected chi connectivity index (χ1v) is 9.50. The van der Waals surface area contributed by atoms with Crippen molar-refractivity contribution in [3.05, 3.63) is 96.1 Å². The molecule has 1 N–H and O–H groups in total. The highest BCUT2D eigenvalue weighted by molar-refractivity contribution is 7.89. The van der Waals surface area contributed by atoms with E-state index in [4.69, 9.17) is 4.74 Å². The van der Waals surface area contributed by atoms with Gasteiger partial charge in [0.1, 0.15) is 5.75 Å². The summed E-state index contributed by atoms with van der Waals surface area (Å²) in [5, 5.41) is 3.76. The Morgan fingerprint density at radius 1 is 0.852 bits per heavy atom. The van der Waals surface area contributed by atoms with E-state index in [1.807, 2.05) is 6.07 Å². The number of ether oxygens (including phenoxy) is 1. The van der Waals surface area contributed by atoms with Crippen molar-refractivity contribution < 1.29 is 17.9 Å². The molecule has 0 unspecified atom stereocenters. The van der Waals surface area contributed by atoms with Crippen molar-refractivity contribution in [3.63, 3.8) is 0 Å². The summed E-state index contributed by atoms with van der Waals surface area (Å²) in [7, 11) is -3.70. The van der Waals surface area contributed by atoms with Crippen LogP contribution >= 0.6 is 0 Å². The third-order valence-electron chi connectivity index (χ3n) is 3.54. The second-order valence-corrected chi connectivity index (χ2v) is 7.15. The van der Waals surface area contributed by atoms with E-state index < -0.39 is 16.0 Å². The number of carbonyl (C=O) groups is 1. The Morgan fingerprint density at radius 3 is 2.07 bits per heavy atom. The first kappa shape index (κ1) is 18.3. The lowest BCUT2D eigenvalue weighted by atomic mass is 10.2. The van der Waals surface area contributed by atoms with Gasteiger partial charge in [-0.25, -0.2) is 9.63 Å². The maximum absolute atomic E-state index is 12.1. The lowest BCUT2D eigenvalue weighted by Gasteiger charge is -2.05. The van der Waals surface area contributed by atoms with Crippen LogP contribution < -0.4 is 9.57 Å². The van der Waals surface area contributed by atoms with E-state index in [2.05, 4.69) is 9.93 Å². The topological polar surface area (TPSA) is 84.8 Å². The highest BCUT2D eigenvalue weighted by Crippen LogP contribution is 2.14. The number of hydrazone groups is 1. The molecular formula is C20H16N2O4S. The number of carbonyl (C=O) groups excluding carboxylic acids is 1. The average Bonchev–Trinajstić information content (AvgIpc) is 2.70. The van der Waals surface area contributed by atoms with Gasteiger partial charge in [-0.2, -0.15) is 13.5 Å². The number of hydrogen-bond acceptors (Lipinski definition) is 5. The van der Waals surface area contributed by atoms with Crippen molar-refractivity contribution in [1.82, 2.24) is 4.83 Å². The second kappa shape index (κ2) is 8.29. The predicted molar refractivity (Wildman–Crippen MR) is 102 cm³/mol. The average molecular weight is 380 g/mol. The summed E-state index contributed by atoms with van der Waals surface area (Å²) < 4.78 is 29.4. The third-order valence-corrected chi connectivity index (χ3v) is 4.78. The number of hydrogen-bond donors (Lipinski definition) is 1. The van der Waals surface area contributed by atoms with Crippen molar-refractivity contribution in [1.29, 1.82) is 0 Å². The normalized spacial score (nSPS) is 11.3. The molecule has 0 radical (unpaired) electrons. The minimum atomic E-state index is -3.70. The minimum absolute atomic E-state index is 0.130. The highest BCUT2D eigenvalue weighted by Gasteiger charge is 2.11. The SMILES string of the molecule is O=C(Oc1ccc(C=NNS(=O)(=O)c2ccccc2)cc1)c1ccccc1. The maximum atomic E-state index is 12.1. The summed E-state index contributed by atoms with van der Waals surface area (Å²) in [5.74, 6) is -0.0708. The van der Waals surface area contributed by atoms with E-state index >= 15 is 0 Å². The summed E-state index contributed by atoms with van der Waals surface area (Å²) in [6, 6.07) is 23.2. The molecule has 0 aliphatic heterocycles. The van der Waals surface area contributed by atoms with Gasteiger partial charge in [0.25, 0.3) is 10.0 Å². The Bertz CT molecular complexity index is 1030. The Kier molecular flexibility index (Phi) is 5.63. The quantitative estimate of drug-likeness (QED) is 0.308. The molecule has 3 rings (SSSR count). The lowest BCUT2D eigenvalue weighted by molar-refractivity contribution is 0.0734. The van der Waals surface area contributed by atoms with Crippen molar-refractivity contribution in [2.24, 2.45) is 5.10 Å². The molecule has 3 aromatic rings. The van der Waals surface area contributed by atoms with Gasteiger partial charge in [-0.1, -0.05) is 36.4 Å². The van der Waals surface area contributed by atoms with Crippen LogP contribution in [0.3, 0.4) is 0 Å². The molecule has 136 valence electrons. The monoisotopic (exact) mass is 380 g/mol. The number of nitrogens with zero attached hydrogens (tertiary/aromatic N) is 1. The largest absolute Gasteiger partial charge is 0.423 e. The number of nitrogens with one attached hydrogen (secondary N) is 1. The fraction of sp³-hybridized carbons (Fsp3) is 0. The maximum Gasteiger partial charge on any atom is 0.343 e. The first-order valence-electron chi connectivity index (χ1n) is 8.02. The van der Waals surface area contributed by atoms with Crippen LogP contribution in [0.5, 0.6) is 5.75 Å². The van der Waals surface area contributed by atoms with E-state index in [1.54, 1.807) is 66.7 Å². The molecule has 0 bridgehead atoms. The van der Waals surface area contributed by atoms with E-state index in [0.29, 0.717) is 16.9 Å². The second-order valence-electron chi connectivity index (χ2n) is 5.49. The molecule has 3 aromatic carbocycles. The zero-order valence-electron chi connectivity index (χ0n) is 14.1. The van der Waals surface area contributed by atoms with Gasteiger partial charge in [0.2, 0.25) is 0 Å². The van der Waals surface area contributed by atoms with E-state index in [-0.39, 0.29) is 4.90 Å². The first-order chi connectivity index (χ1) is 13.0. The fourth-order valence-electron chi connectivity index (χ4n) is 2.18. The fourth-order valence-corrected chi connectivity index (χ4v) is 3.00. The van der Waals surface area contributed by atoms with Gasteiger partial charge >= 0.3 is 5.97 Å². The van der Waals surface area contributed by atoms with E-state index in [9.17, 15) is 13.2 Å². The van der Waals surface area contributed by atoms with Gasteiger partial charge in [0.05, 0.1) is 16.7 Å². The Labute approximate surface area is 157 Å². The molecule has 0 amide bonds. The van der Waals surface area contributed by atoms with Gasteiger partial charge in [0, 0.05) is 0 Å². The van der Waals surface area contributed by atoms with Crippen molar-refractivity contribution >= 4 is 22.2 Å². The summed E-state index contributed by atoms with van der Waals surface area (Å²) >= 11 is 0. The molecule has 0 saturated carbocycles. The van der Waals surface area contributed by atoms with Crippen molar-refractivity contribution in [3.8, 4) is 5.75 Å². The zero-order chi connectivity index (χ0) is 19.1. The molecule has 27 heavy (non-hydrogen) atoms. The molecule has 0 fully saturated rings. The zero-order valence-corrected chi connectivity index (χ0v) is 15.0. The van der Waals surface area contributed by atoms with Crippen LogP contribution in [-0.4, -0.2) is 20.6 Å². The Balaban J connectivity index is 1.61. The van der Waals surface area contributed by atoms with Crippen LogP contribution in [-0.2, 0) is 10.0 Å². The molecule has 7 heteroatoms. The highest BCUT2D eigenvalue weighted by atomic mass is 32.2. The molecule has 0 atom stereocenters. The Morgan fingerprint density at radius 2 is 1.44 bits per heavy atom. The predicted octanol–water partition coefficient (Wildman–Crippen LogP) is 3.22. The number of esters is 1. The van der Waals surface area contributed by atoms with E-state index in [0.717, 1.165) is 0 Å². The summed E-state index contributed by atoms with van der Waals surface area (Å²) in [5.41, 5.74) is 1.10.